The van der Waals surface area contributed by atoms with Crippen LogP contribution in [0.2, 0.25) is 0 Å². The maximum absolute atomic E-state index is 12.7. The van der Waals surface area contributed by atoms with Crippen molar-refractivity contribution in [2.75, 3.05) is 0 Å². The highest BCUT2D eigenvalue weighted by Gasteiger charge is 2.24. The van der Waals surface area contributed by atoms with Crippen molar-refractivity contribution in [3.63, 3.8) is 0 Å². The molecule has 1 aliphatic rings. The number of nitrogens with two attached hydrogens (primary N) is 1. The third-order valence-electron chi connectivity index (χ3n) is 4.33. The zero-order valence-corrected chi connectivity index (χ0v) is 19.6. The van der Waals surface area contributed by atoms with Crippen LogP contribution in [-0.4, -0.2) is 26.0 Å². The van der Waals surface area contributed by atoms with Gasteiger partial charge in [-0.25, -0.2) is 18.1 Å². The van der Waals surface area contributed by atoms with Crippen LogP contribution in [0.1, 0.15) is 64.9 Å². The number of sulfonamides is 1. The van der Waals surface area contributed by atoms with Gasteiger partial charge in [-0.2, -0.15) is 0 Å². The van der Waals surface area contributed by atoms with Gasteiger partial charge >= 0.3 is 0 Å². The molecule has 0 atom stereocenters. The first-order valence-electron chi connectivity index (χ1n) is 9.36. The Morgan fingerprint density at radius 3 is 2.33 bits per heavy atom. The van der Waals surface area contributed by atoms with E-state index < -0.39 is 15.6 Å². The quantitative estimate of drug-likeness (QED) is 0.246. The van der Waals surface area contributed by atoms with E-state index in [4.69, 9.17) is 5.73 Å². The monoisotopic (exact) mass is 508 g/mol. The van der Waals surface area contributed by atoms with E-state index in [1.807, 2.05) is 26.8 Å². The van der Waals surface area contributed by atoms with Crippen LogP contribution in [0, 0.1) is 0 Å². The molecule has 0 aliphatic heterocycles. The lowest BCUT2D eigenvalue weighted by atomic mass is 10.1. The smallest absolute Gasteiger partial charge is 0.241 e. The van der Waals surface area contributed by atoms with Gasteiger partial charge in [0, 0.05) is 11.6 Å². The summed E-state index contributed by atoms with van der Waals surface area (Å²) >= 11 is 0. The van der Waals surface area contributed by atoms with Gasteiger partial charge in [0.1, 0.15) is 0 Å². The second-order valence-corrected chi connectivity index (χ2v) is 9.65. The fourth-order valence-corrected chi connectivity index (χ4v) is 4.86. The maximum atomic E-state index is 12.7. The molecular weight excluding hydrogens is 475 g/mol. The van der Waals surface area contributed by atoms with Crippen LogP contribution in [0.5, 0.6) is 0 Å². The van der Waals surface area contributed by atoms with Crippen LogP contribution >= 0.6 is 24.0 Å². The van der Waals surface area contributed by atoms with Crippen LogP contribution in [0.25, 0.3) is 0 Å². The van der Waals surface area contributed by atoms with Crippen molar-refractivity contribution in [3.8, 4) is 0 Å². The molecule has 1 aromatic carbocycles. The number of guanidine groups is 1. The van der Waals surface area contributed by atoms with Gasteiger partial charge < -0.3 is 11.1 Å². The van der Waals surface area contributed by atoms with Crippen molar-refractivity contribution >= 4 is 40.0 Å². The van der Waals surface area contributed by atoms with Crippen LogP contribution in [-0.2, 0) is 16.6 Å². The van der Waals surface area contributed by atoms with E-state index in [-0.39, 0.29) is 35.4 Å². The molecule has 1 fully saturated rings. The first-order chi connectivity index (χ1) is 12.2. The molecule has 1 aliphatic carbocycles. The van der Waals surface area contributed by atoms with Crippen molar-refractivity contribution < 1.29 is 8.42 Å². The molecule has 154 valence electrons. The number of hydrogen-bond acceptors (Lipinski definition) is 3. The van der Waals surface area contributed by atoms with Crippen molar-refractivity contribution in [2.45, 2.75) is 82.3 Å². The van der Waals surface area contributed by atoms with Gasteiger partial charge in [0.05, 0.1) is 11.4 Å². The SMILES string of the molecule is CC(C)(C)NS(=O)(=O)c1ccccc1CN=C(N)NC1CCCCCC1.I. The number of halogens is 1. The Labute approximate surface area is 180 Å². The van der Waals surface area contributed by atoms with Gasteiger partial charge in [-0.15, -0.1) is 24.0 Å². The second kappa shape index (κ2) is 10.6. The standard InChI is InChI=1S/C19H32N4O2S.HI/c1-19(2,3)23-26(24,25)17-13-9-8-10-15(17)14-21-18(20)22-16-11-6-4-5-7-12-16;/h8-10,13,16,23H,4-7,11-12,14H2,1-3H3,(H3,20,21,22);1H. The summed E-state index contributed by atoms with van der Waals surface area (Å²) in [5.41, 5.74) is 6.13. The summed E-state index contributed by atoms with van der Waals surface area (Å²) in [6.45, 7) is 5.69. The normalized spacial score (nSPS) is 17.1. The minimum absolute atomic E-state index is 0. The number of nitrogens with one attached hydrogen (secondary N) is 2. The highest BCUT2D eigenvalue weighted by atomic mass is 127. The van der Waals surface area contributed by atoms with Gasteiger partial charge in [-0.3, -0.25) is 0 Å². The predicted molar refractivity (Wildman–Crippen MR) is 122 cm³/mol. The summed E-state index contributed by atoms with van der Waals surface area (Å²) in [6, 6.07) is 7.28. The minimum atomic E-state index is -3.61. The first kappa shape index (κ1) is 24.2. The van der Waals surface area contributed by atoms with Crippen molar-refractivity contribution in [3.05, 3.63) is 29.8 Å². The molecule has 2 rings (SSSR count). The van der Waals surface area contributed by atoms with E-state index in [0.29, 0.717) is 17.6 Å². The Bertz CT molecular complexity index is 721. The Morgan fingerprint density at radius 1 is 1.15 bits per heavy atom. The van der Waals surface area contributed by atoms with Gasteiger partial charge in [-0.05, 0) is 45.2 Å². The van der Waals surface area contributed by atoms with Crippen LogP contribution in [0.15, 0.2) is 34.2 Å². The zero-order valence-electron chi connectivity index (χ0n) is 16.5. The lowest BCUT2D eigenvalue weighted by Gasteiger charge is -2.21. The summed E-state index contributed by atoms with van der Waals surface area (Å²) < 4.78 is 28.0. The molecule has 0 aromatic heterocycles. The van der Waals surface area contributed by atoms with E-state index in [1.165, 1.54) is 25.7 Å². The molecule has 27 heavy (non-hydrogen) atoms. The molecule has 0 bridgehead atoms. The topological polar surface area (TPSA) is 96.6 Å². The van der Waals surface area contributed by atoms with Crippen molar-refractivity contribution in [1.29, 1.82) is 0 Å². The summed E-state index contributed by atoms with van der Waals surface area (Å²) in [6.07, 6.45) is 7.20. The minimum Gasteiger partial charge on any atom is -0.370 e. The number of hydrogen-bond donors (Lipinski definition) is 3. The predicted octanol–water partition coefficient (Wildman–Crippen LogP) is 3.51. The Morgan fingerprint density at radius 2 is 1.74 bits per heavy atom. The summed E-state index contributed by atoms with van der Waals surface area (Å²) in [7, 11) is -3.61. The summed E-state index contributed by atoms with van der Waals surface area (Å²) in [5, 5.41) is 3.29. The van der Waals surface area contributed by atoms with E-state index in [0.717, 1.165) is 12.8 Å². The lowest BCUT2D eigenvalue weighted by Crippen LogP contribution is -2.41. The van der Waals surface area contributed by atoms with Gasteiger partial charge in [0.2, 0.25) is 10.0 Å². The van der Waals surface area contributed by atoms with E-state index in [9.17, 15) is 8.42 Å². The molecular formula is C19H33IN4O2S. The molecule has 4 N–H and O–H groups in total. The fraction of sp³-hybridized carbons (Fsp3) is 0.632. The van der Waals surface area contributed by atoms with Crippen molar-refractivity contribution in [1.82, 2.24) is 10.0 Å². The Kier molecular flexibility index (Phi) is 9.50. The second-order valence-electron chi connectivity index (χ2n) is 8.00. The highest BCUT2D eigenvalue weighted by molar-refractivity contribution is 14.0. The number of rotatable bonds is 5. The fourth-order valence-electron chi connectivity index (χ4n) is 3.20. The lowest BCUT2D eigenvalue weighted by molar-refractivity contribution is 0.491. The van der Waals surface area contributed by atoms with E-state index in [1.54, 1.807) is 18.2 Å². The van der Waals surface area contributed by atoms with Gasteiger partial charge in [0.25, 0.3) is 0 Å². The maximum Gasteiger partial charge on any atom is 0.241 e. The molecule has 1 aromatic rings. The molecule has 6 nitrogen and oxygen atoms in total. The third-order valence-corrected chi connectivity index (χ3v) is 6.19. The summed E-state index contributed by atoms with van der Waals surface area (Å²) in [4.78, 5) is 4.63. The molecule has 0 saturated heterocycles. The van der Waals surface area contributed by atoms with Crippen molar-refractivity contribution in [2.24, 2.45) is 10.7 Å². The highest BCUT2D eigenvalue weighted by Crippen LogP contribution is 2.19. The molecule has 1 saturated carbocycles. The van der Waals surface area contributed by atoms with Crippen LogP contribution < -0.4 is 15.8 Å². The van der Waals surface area contributed by atoms with Crippen LogP contribution in [0.4, 0.5) is 0 Å². The van der Waals surface area contributed by atoms with Gasteiger partial charge in [-0.1, -0.05) is 43.9 Å². The van der Waals surface area contributed by atoms with Crippen LogP contribution in [0.3, 0.4) is 0 Å². The third kappa shape index (κ3) is 8.35. The Balaban J connectivity index is 0.00000364. The molecule has 0 amide bonds. The number of aliphatic imine (C=N–C) groups is 1. The average Bonchev–Trinajstić information content (AvgIpc) is 2.79. The number of nitrogens with zero attached hydrogens (tertiary/aromatic N) is 1. The van der Waals surface area contributed by atoms with E-state index in [2.05, 4.69) is 15.0 Å². The molecule has 8 heteroatoms. The van der Waals surface area contributed by atoms with E-state index >= 15 is 0 Å². The molecule has 0 heterocycles. The van der Waals surface area contributed by atoms with Gasteiger partial charge in [0.15, 0.2) is 5.96 Å². The molecule has 0 unspecified atom stereocenters. The largest absolute Gasteiger partial charge is 0.370 e. The average molecular weight is 508 g/mol. The number of benzene rings is 1. The molecule has 0 spiro atoms. The Hall–Kier alpha value is -0.870. The summed E-state index contributed by atoms with van der Waals surface area (Å²) in [5.74, 6) is 0.382. The zero-order chi connectivity index (χ0) is 19.2. The molecule has 0 radical (unpaired) electrons. The first-order valence-corrected chi connectivity index (χ1v) is 10.8.